The molecule has 0 radical (unpaired) electrons. The lowest BCUT2D eigenvalue weighted by Crippen LogP contribution is -2.28. The van der Waals surface area contributed by atoms with E-state index in [-0.39, 0.29) is 5.70 Å². The molecule has 76 valence electrons. The van der Waals surface area contributed by atoms with Crippen molar-refractivity contribution in [2.75, 3.05) is 14.1 Å². The third-order valence-electron chi connectivity index (χ3n) is 1.03. The number of nitrogens with two attached hydrogens (primary N) is 1. The van der Waals surface area contributed by atoms with Crippen LogP contribution in [0.1, 0.15) is 20.8 Å². The number of nitrogens with zero attached hydrogens (tertiary/aromatic N) is 1. The smallest absolute Gasteiger partial charge is 0.356 e. The van der Waals surface area contributed by atoms with Crippen LogP contribution in [-0.4, -0.2) is 30.6 Å². The fourth-order valence-electron chi connectivity index (χ4n) is 0.668. The van der Waals surface area contributed by atoms with Gasteiger partial charge in [-0.2, -0.15) is 0 Å². The van der Waals surface area contributed by atoms with E-state index in [0.29, 0.717) is 0 Å². The van der Waals surface area contributed by atoms with E-state index in [9.17, 15) is 4.79 Å². The first kappa shape index (κ1) is 11.8. The van der Waals surface area contributed by atoms with Crippen LogP contribution >= 0.6 is 0 Å². The predicted octanol–water partition coefficient (Wildman–Crippen LogP) is 0.690. The molecule has 0 aromatic rings. The molecule has 0 saturated carbocycles. The topological polar surface area (TPSA) is 55.6 Å². The Morgan fingerprint density at radius 1 is 1.38 bits per heavy atom. The highest BCUT2D eigenvalue weighted by molar-refractivity contribution is 5.87. The number of carbonyl (C=O) groups excluding carboxylic acids is 1. The molecule has 0 aliphatic carbocycles. The molecule has 0 heterocycles. The predicted molar refractivity (Wildman–Crippen MR) is 51.8 cm³/mol. The number of hydrogen-bond acceptors (Lipinski definition) is 4. The van der Waals surface area contributed by atoms with Crippen LogP contribution in [0.25, 0.3) is 0 Å². The quantitative estimate of drug-likeness (QED) is 0.509. The van der Waals surface area contributed by atoms with Gasteiger partial charge in [-0.3, -0.25) is 0 Å². The normalized spacial score (nSPS) is 12.5. The van der Waals surface area contributed by atoms with Gasteiger partial charge in [0, 0.05) is 20.3 Å². The van der Waals surface area contributed by atoms with Crippen molar-refractivity contribution >= 4 is 5.97 Å². The lowest BCUT2D eigenvalue weighted by molar-refractivity contribution is -0.150. The Labute approximate surface area is 79.3 Å². The van der Waals surface area contributed by atoms with E-state index in [2.05, 4.69) is 0 Å². The van der Waals surface area contributed by atoms with Gasteiger partial charge >= 0.3 is 5.97 Å². The van der Waals surface area contributed by atoms with Gasteiger partial charge in [-0.25, -0.2) is 4.79 Å². The standard InChI is InChI=1S/C9H18N2O2/c1-9(2,3)13-8(12)7(10)6-11(4)5/h6H,10H2,1-5H3. The molecular weight excluding hydrogens is 168 g/mol. The van der Waals surface area contributed by atoms with Crippen molar-refractivity contribution in [1.29, 1.82) is 0 Å². The average molecular weight is 186 g/mol. The molecule has 4 heteroatoms. The second kappa shape index (κ2) is 4.16. The summed E-state index contributed by atoms with van der Waals surface area (Å²) < 4.78 is 5.04. The fraction of sp³-hybridized carbons (Fsp3) is 0.667. The summed E-state index contributed by atoms with van der Waals surface area (Å²) in [7, 11) is 3.58. The third-order valence-corrected chi connectivity index (χ3v) is 1.03. The number of hydrogen-bond donors (Lipinski definition) is 1. The molecule has 0 aliphatic rings. The van der Waals surface area contributed by atoms with Crippen molar-refractivity contribution in [3.63, 3.8) is 0 Å². The second-order valence-corrected chi connectivity index (χ2v) is 4.05. The number of esters is 1. The highest BCUT2D eigenvalue weighted by Crippen LogP contribution is 2.08. The molecule has 0 spiro atoms. The molecule has 0 atom stereocenters. The minimum atomic E-state index is -0.498. The van der Waals surface area contributed by atoms with Crippen LogP contribution in [0.4, 0.5) is 0 Å². The van der Waals surface area contributed by atoms with E-state index in [1.54, 1.807) is 39.8 Å². The molecule has 13 heavy (non-hydrogen) atoms. The zero-order chi connectivity index (χ0) is 10.6. The lowest BCUT2D eigenvalue weighted by Gasteiger charge is -2.19. The second-order valence-electron chi connectivity index (χ2n) is 4.05. The fourth-order valence-corrected chi connectivity index (χ4v) is 0.668. The number of ether oxygens (including phenoxy) is 1. The Hall–Kier alpha value is -1.19. The van der Waals surface area contributed by atoms with E-state index < -0.39 is 11.6 Å². The van der Waals surface area contributed by atoms with Crippen LogP contribution < -0.4 is 5.73 Å². The van der Waals surface area contributed by atoms with Gasteiger partial charge in [0.15, 0.2) is 0 Å². The van der Waals surface area contributed by atoms with E-state index in [1.165, 1.54) is 6.20 Å². The molecule has 2 N–H and O–H groups in total. The van der Waals surface area contributed by atoms with Crippen molar-refractivity contribution in [3.05, 3.63) is 11.9 Å². The Bertz CT molecular complexity index is 214. The molecule has 0 aromatic carbocycles. The Kier molecular flexibility index (Phi) is 3.78. The lowest BCUT2D eigenvalue weighted by atomic mass is 10.2. The summed E-state index contributed by atoms with van der Waals surface area (Å²) in [5, 5.41) is 0. The Morgan fingerprint density at radius 2 is 1.85 bits per heavy atom. The van der Waals surface area contributed by atoms with Gasteiger partial charge in [-0.05, 0) is 20.8 Å². The monoisotopic (exact) mass is 186 g/mol. The molecule has 0 fully saturated rings. The maximum Gasteiger partial charge on any atom is 0.356 e. The minimum absolute atomic E-state index is 0.111. The zero-order valence-electron chi connectivity index (χ0n) is 8.92. The van der Waals surface area contributed by atoms with Crippen LogP contribution in [0.15, 0.2) is 11.9 Å². The summed E-state index contributed by atoms with van der Waals surface area (Å²) in [6.45, 7) is 5.40. The van der Waals surface area contributed by atoms with Gasteiger partial charge in [0.1, 0.15) is 11.3 Å². The molecular formula is C9H18N2O2. The van der Waals surface area contributed by atoms with E-state index >= 15 is 0 Å². The molecule has 0 amide bonds. The van der Waals surface area contributed by atoms with Gasteiger partial charge < -0.3 is 15.4 Å². The maximum absolute atomic E-state index is 11.3. The van der Waals surface area contributed by atoms with Gasteiger partial charge in [-0.1, -0.05) is 0 Å². The summed E-state index contributed by atoms with van der Waals surface area (Å²) >= 11 is 0. The van der Waals surface area contributed by atoms with Gasteiger partial charge in [0.2, 0.25) is 0 Å². The van der Waals surface area contributed by atoms with Crippen LogP contribution in [0.2, 0.25) is 0 Å². The minimum Gasteiger partial charge on any atom is -0.455 e. The molecule has 0 saturated heterocycles. The molecule has 0 rings (SSSR count). The Morgan fingerprint density at radius 3 is 2.15 bits per heavy atom. The van der Waals surface area contributed by atoms with Gasteiger partial charge in [0.05, 0.1) is 0 Å². The summed E-state index contributed by atoms with van der Waals surface area (Å²) in [6.07, 6.45) is 1.52. The van der Waals surface area contributed by atoms with Gasteiger partial charge in [-0.15, -0.1) is 0 Å². The zero-order valence-corrected chi connectivity index (χ0v) is 8.92. The van der Waals surface area contributed by atoms with Crippen LogP contribution in [0.3, 0.4) is 0 Å². The molecule has 0 aliphatic heterocycles. The maximum atomic E-state index is 11.3. The molecule has 0 aromatic heterocycles. The highest BCUT2D eigenvalue weighted by atomic mass is 16.6. The largest absolute Gasteiger partial charge is 0.455 e. The van der Waals surface area contributed by atoms with Crippen molar-refractivity contribution in [3.8, 4) is 0 Å². The summed E-state index contributed by atoms with van der Waals surface area (Å²) in [5.41, 5.74) is 5.08. The van der Waals surface area contributed by atoms with Crippen molar-refractivity contribution in [1.82, 2.24) is 4.90 Å². The Balaban J connectivity index is 4.29. The first-order valence-corrected chi connectivity index (χ1v) is 4.09. The first-order chi connectivity index (χ1) is 5.72. The number of carbonyl (C=O) groups is 1. The van der Waals surface area contributed by atoms with Crippen LogP contribution in [-0.2, 0) is 9.53 Å². The van der Waals surface area contributed by atoms with Crippen molar-refractivity contribution in [2.24, 2.45) is 5.73 Å². The van der Waals surface area contributed by atoms with Crippen molar-refractivity contribution in [2.45, 2.75) is 26.4 Å². The molecule has 4 nitrogen and oxygen atoms in total. The van der Waals surface area contributed by atoms with Gasteiger partial charge in [0.25, 0.3) is 0 Å². The third kappa shape index (κ3) is 6.02. The van der Waals surface area contributed by atoms with Crippen LogP contribution in [0.5, 0.6) is 0 Å². The van der Waals surface area contributed by atoms with Crippen LogP contribution in [0, 0.1) is 0 Å². The summed E-state index contributed by atoms with van der Waals surface area (Å²) in [5.74, 6) is -0.485. The van der Waals surface area contributed by atoms with E-state index in [1.807, 2.05) is 0 Å². The SMILES string of the molecule is CN(C)C=C(N)C(=O)OC(C)(C)C. The highest BCUT2D eigenvalue weighted by Gasteiger charge is 2.17. The first-order valence-electron chi connectivity index (χ1n) is 4.09. The summed E-state index contributed by atoms with van der Waals surface area (Å²) in [6, 6.07) is 0. The molecule has 0 unspecified atom stereocenters. The van der Waals surface area contributed by atoms with E-state index in [0.717, 1.165) is 0 Å². The number of rotatable bonds is 2. The average Bonchev–Trinajstić information content (AvgIpc) is 1.81. The summed E-state index contributed by atoms with van der Waals surface area (Å²) in [4.78, 5) is 12.9. The molecule has 0 bridgehead atoms. The van der Waals surface area contributed by atoms with E-state index in [4.69, 9.17) is 10.5 Å². The van der Waals surface area contributed by atoms with Crippen molar-refractivity contribution < 1.29 is 9.53 Å².